The molecule has 0 aromatic heterocycles. The number of hydrogen-bond donors (Lipinski definition) is 1. The molecule has 100 valence electrons. The second-order valence-electron chi connectivity index (χ2n) is 4.93. The Labute approximate surface area is 111 Å². The molecule has 1 N–H and O–H groups in total. The van der Waals surface area contributed by atoms with Gasteiger partial charge in [-0.05, 0) is 30.5 Å². The quantitative estimate of drug-likeness (QED) is 0.818. The van der Waals surface area contributed by atoms with Crippen molar-refractivity contribution in [3.8, 4) is 0 Å². The average molecular weight is 272 g/mol. The van der Waals surface area contributed by atoms with Crippen LogP contribution >= 0.6 is 11.8 Å². The van der Waals surface area contributed by atoms with Crippen molar-refractivity contribution in [2.24, 2.45) is 5.92 Å². The molecule has 1 aromatic carbocycles. The van der Waals surface area contributed by atoms with Crippen LogP contribution in [0.2, 0.25) is 0 Å². The highest BCUT2D eigenvalue weighted by Crippen LogP contribution is 2.30. The summed E-state index contributed by atoms with van der Waals surface area (Å²) in [6.07, 6.45) is 5.45. The van der Waals surface area contributed by atoms with Gasteiger partial charge in [-0.1, -0.05) is 25.7 Å². The Kier molecular flexibility index (Phi) is 5.01. The summed E-state index contributed by atoms with van der Waals surface area (Å²) in [6, 6.07) is 3.86. The van der Waals surface area contributed by atoms with Crippen molar-refractivity contribution in [1.29, 1.82) is 0 Å². The van der Waals surface area contributed by atoms with Crippen LogP contribution in [0.3, 0.4) is 0 Å². The third-order valence-corrected chi connectivity index (χ3v) is 4.55. The summed E-state index contributed by atoms with van der Waals surface area (Å²) >= 11 is 1.38. The van der Waals surface area contributed by atoms with Crippen molar-refractivity contribution in [3.05, 3.63) is 29.8 Å². The lowest BCUT2D eigenvalue weighted by Crippen LogP contribution is -2.14. The number of thioether (sulfide) groups is 1. The van der Waals surface area contributed by atoms with Gasteiger partial charge in [0.05, 0.1) is 6.10 Å². The van der Waals surface area contributed by atoms with Crippen molar-refractivity contribution < 1.29 is 13.9 Å². The molecule has 1 aliphatic carbocycles. The van der Waals surface area contributed by atoms with Gasteiger partial charge in [0.15, 0.2) is 11.6 Å². The van der Waals surface area contributed by atoms with Crippen molar-refractivity contribution in [3.63, 3.8) is 0 Å². The number of aliphatic hydroxyl groups is 1. The van der Waals surface area contributed by atoms with E-state index in [1.807, 2.05) is 0 Å². The summed E-state index contributed by atoms with van der Waals surface area (Å²) in [5.74, 6) is -0.469. The Balaban J connectivity index is 1.77. The molecular weight excluding hydrogens is 254 g/mol. The zero-order chi connectivity index (χ0) is 13.0. The Hall–Kier alpha value is -0.610. The summed E-state index contributed by atoms with van der Waals surface area (Å²) in [5.41, 5.74) is 0. The van der Waals surface area contributed by atoms with Crippen LogP contribution in [0.4, 0.5) is 8.78 Å². The average Bonchev–Trinajstić information content (AvgIpc) is 2.83. The lowest BCUT2D eigenvalue weighted by atomic mass is 10.0. The minimum Gasteiger partial charge on any atom is -0.392 e. The van der Waals surface area contributed by atoms with E-state index in [1.165, 1.54) is 43.5 Å². The van der Waals surface area contributed by atoms with Gasteiger partial charge in [-0.2, -0.15) is 0 Å². The van der Waals surface area contributed by atoms with Gasteiger partial charge in [0.1, 0.15) is 0 Å². The molecule has 1 atom stereocenters. The molecule has 0 spiro atoms. The largest absolute Gasteiger partial charge is 0.392 e. The minimum atomic E-state index is -0.828. The van der Waals surface area contributed by atoms with Crippen molar-refractivity contribution >= 4 is 11.8 Å². The molecule has 1 aromatic rings. The van der Waals surface area contributed by atoms with Gasteiger partial charge in [-0.25, -0.2) is 8.78 Å². The molecule has 1 fully saturated rings. The highest BCUT2D eigenvalue weighted by atomic mass is 32.2. The molecule has 1 unspecified atom stereocenters. The molecule has 0 radical (unpaired) electrons. The van der Waals surface area contributed by atoms with Gasteiger partial charge in [0.25, 0.3) is 0 Å². The first-order valence-corrected chi connectivity index (χ1v) is 7.39. The van der Waals surface area contributed by atoms with Crippen molar-refractivity contribution in [2.45, 2.75) is 43.1 Å². The Bertz CT molecular complexity index is 391. The zero-order valence-electron chi connectivity index (χ0n) is 10.2. The lowest BCUT2D eigenvalue weighted by Gasteiger charge is -2.14. The van der Waals surface area contributed by atoms with Gasteiger partial charge < -0.3 is 5.11 Å². The molecule has 4 heteroatoms. The van der Waals surface area contributed by atoms with E-state index in [1.54, 1.807) is 6.07 Å². The van der Waals surface area contributed by atoms with Crippen LogP contribution in [0.25, 0.3) is 0 Å². The summed E-state index contributed by atoms with van der Waals surface area (Å²) < 4.78 is 25.7. The van der Waals surface area contributed by atoms with Crippen LogP contribution in [0.1, 0.15) is 32.1 Å². The normalized spacial score (nSPS) is 18.2. The van der Waals surface area contributed by atoms with Crippen molar-refractivity contribution in [2.75, 3.05) is 5.75 Å². The van der Waals surface area contributed by atoms with E-state index in [0.29, 0.717) is 16.6 Å². The maximum Gasteiger partial charge on any atom is 0.159 e. The third kappa shape index (κ3) is 3.95. The fraction of sp³-hybridized carbons (Fsp3) is 0.571. The molecule has 18 heavy (non-hydrogen) atoms. The molecule has 0 bridgehead atoms. The Morgan fingerprint density at radius 1 is 1.22 bits per heavy atom. The fourth-order valence-corrected chi connectivity index (χ4v) is 3.33. The summed E-state index contributed by atoms with van der Waals surface area (Å²) in [4.78, 5) is 0.666. The number of hydrogen-bond acceptors (Lipinski definition) is 2. The molecule has 0 amide bonds. The van der Waals surface area contributed by atoms with Gasteiger partial charge >= 0.3 is 0 Å². The highest BCUT2D eigenvalue weighted by Gasteiger charge is 2.18. The zero-order valence-corrected chi connectivity index (χ0v) is 11.1. The van der Waals surface area contributed by atoms with E-state index in [2.05, 4.69) is 0 Å². The maximum absolute atomic E-state index is 13.0. The van der Waals surface area contributed by atoms with Crippen LogP contribution in [0.5, 0.6) is 0 Å². The number of rotatable bonds is 5. The summed E-state index contributed by atoms with van der Waals surface area (Å²) in [6.45, 7) is 0. The van der Waals surface area contributed by atoms with E-state index in [4.69, 9.17) is 0 Å². The van der Waals surface area contributed by atoms with Gasteiger partial charge in [0.2, 0.25) is 0 Å². The van der Waals surface area contributed by atoms with Crippen LogP contribution < -0.4 is 0 Å². The standard InChI is InChI=1S/C14H18F2OS/c15-13-6-5-12(8-14(13)16)18-9-11(17)7-10-3-1-2-4-10/h5-6,8,10-11,17H,1-4,7,9H2. The maximum atomic E-state index is 13.0. The molecule has 0 heterocycles. The molecular formula is C14H18F2OS. The van der Waals surface area contributed by atoms with Crippen LogP contribution in [-0.2, 0) is 0 Å². The van der Waals surface area contributed by atoms with Crippen LogP contribution in [-0.4, -0.2) is 17.0 Å². The minimum absolute atomic E-state index is 0.355. The molecule has 0 aliphatic heterocycles. The van der Waals surface area contributed by atoms with E-state index in [9.17, 15) is 13.9 Å². The summed E-state index contributed by atoms with van der Waals surface area (Å²) in [7, 11) is 0. The SMILES string of the molecule is OC(CSc1ccc(F)c(F)c1)CC1CCCC1. The Morgan fingerprint density at radius 2 is 1.94 bits per heavy atom. The van der Waals surface area contributed by atoms with Gasteiger partial charge in [-0.15, -0.1) is 11.8 Å². The first-order valence-electron chi connectivity index (χ1n) is 6.41. The second kappa shape index (κ2) is 6.53. The molecule has 1 saturated carbocycles. The number of halogens is 2. The van der Waals surface area contributed by atoms with Gasteiger partial charge in [0, 0.05) is 10.6 Å². The van der Waals surface area contributed by atoms with Crippen LogP contribution in [0, 0.1) is 17.6 Å². The molecule has 1 aliphatic rings. The van der Waals surface area contributed by atoms with E-state index >= 15 is 0 Å². The van der Waals surface area contributed by atoms with E-state index in [-0.39, 0.29) is 6.10 Å². The molecule has 2 rings (SSSR count). The van der Waals surface area contributed by atoms with Crippen molar-refractivity contribution in [1.82, 2.24) is 0 Å². The monoisotopic (exact) mass is 272 g/mol. The highest BCUT2D eigenvalue weighted by molar-refractivity contribution is 7.99. The summed E-state index contributed by atoms with van der Waals surface area (Å²) in [5, 5.41) is 9.91. The molecule has 1 nitrogen and oxygen atoms in total. The van der Waals surface area contributed by atoms with E-state index < -0.39 is 11.6 Å². The van der Waals surface area contributed by atoms with Crippen LogP contribution in [0.15, 0.2) is 23.1 Å². The number of benzene rings is 1. The fourth-order valence-electron chi connectivity index (χ4n) is 2.46. The number of aliphatic hydroxyl groups excluding tert-OH is 1. The third-order valence-electron chi connectivity index (χ3n) is 3.41. The first kappa shape index (κ1) is 13.8. The topological polar surface area (TPSA) is 20.2 Å². The Morgan fingerprint density at radius 3 is 2.61 bits per heavy atom. The first-order chi connectivity index (χ1) is 8.65. The lowest BCUT2D eigenvalue weighted by molar-refractivity contribution is 0.166. The van der Waals surface area contributed by atoms with E-state index in [0.717, 1.165) is 12.5 Å². The predicted octanol–water partition coefficient (Wildman–Crippen LogP) is 4.00. The predicted molar refractivity (Wildman–Crippen MR) is 69.7 cm³/mol. The second-order valence-corrected chi connectivity index (χ2v) is 6.02. The smallest absolute Gasteiger partial charge is 0.159 e. The molecule has 0 saturated heterocycles. The van der Waals surface area contributed by atoms with Gasteiger partial charge in [-0.3, -0.25) is 0 Å².